The normalized spacial score (nSPS) is 58.1. The number of hydrogen-bond donors (Lipinski definition) is 0. The van der Waals surface area contributed by atoms with Crippen molar-refractivity contribution in [2.75, 3.05) is 0 Å². The van der Waals surface area contributed by atoms with Crippen LogP contribution in [0.15, 0.2) is 23.8 Å². The highest BCUT2D eigenvalue weighted by Crippen LogP contribution is 2.70. The lowest BCUT2D eigenvalue weighted by molar-refractivity contribution is -0.385. The fourth-order valence-corrected chi connectivity index (χ4v) is 10.1. The Balaban J connectivity index is 1.17. The average Bonchev–Trinajstić information content (AvgIpc) is 3.44. The lowest BCUT2D eigenvalue weighted by Crippen LogP contribution is -2.55. The molecular weight excluding hydrogens is 440 g/mol. The number of allylic oxidation sites excluding steroid dienone is 3. The van der Waals surface area contributed by atoms with Crippen LogP contribution < -0.4 is 0 Å². The van der Waals surface area contributed by atoms with E-state index in [2.05, 4.69) is 47.6 Å². The third-order valence-electron chi connectivity index (χ3n) is 12.2. The van der Waals surface area contributed by atoms with E-state index in [0.717, 1.165) is 6.42 Å². The molecule has 6 fully saturated rings. The second kappa shape index (κ2) is 6.70. The molecule has 0 N–H and O–H groups in total. The summed E-state index contributed by atoms with van der Waals surface area (Å²) in [6, 6.07) is 0. The van der Waals surface area contributed by atoms with Gasteiger partial charge < -0.3 is 18.9 Å². The van der Waals surface area contributed by atoms with Crippen molar-refractivity contribution in [1.82, 2.24) is 0 Å². The number of epoxide rings is 1. The van der Waals surface area contributed by atoms with Gasteiger partial charge >= 0.3 is 0 Å². The Hall–Kier alpha value is -1.01. The van der Waals surface area contributed by atoms with Gasteiger partial charge in [0.15, 0.2) is 5.78 Å². The summed E-state index contributed by atoms with van der Waals surface area (Å²) in [6.45, 7) is 15.8. The van der Waals surface area contributed by atoms with E-state index in [1.165, 1.54) is 31.3 Å². The van der Waals surface area contributed by atoms with Gasteiger partial charge in [-0.3, -0.25) is 4.79 Å². The molecule has 0 aromatic heterocycles. The molecule has 0 aromatic carbocycles. The van der Waals surface area contributed by atoms with Crippen molar-refractivity contribution in [2.24, 2.45) is 40.4 Å². The summed E-state index contributed by atoms with van der Waals surface area (Å²) < 4.78 is 25.6. The monoisotopic (exact) mass is 482 g/mol. The lowest BCUT2D eigenvalue weighted by Gasteiger charge is -2.56. The fraction of sp³-hybridized carbons (Fsp3) is 0.833. The predicted molar refractivity (Wildman–Crippen MR) is 131 cm³/mol. The molecule has 0 spiro atoms. The van der Waals surface area contributed by atoms with Gasteiger partial charge in [-0.2, -0.15) is 0 Å². The van der Waals surface area contributed by atoms with Crippen molar-refractivity contribution in [2.45, 2.75) is 116 Å². The number of hydrogen-bond acceptors (Lipinski definition) is 5. The first-order chi connectivity index (χ1) is 16.3. The fourth-order valence-electron chi connectivity index (χ4n) is 10.1. The van der Waals surface area contributed by atoms with Crippen LogP contribution in [-0.4, -0.2) is 41.3 Å². The predicted octanol–water partition coefficient (Wildman–Crippen LogP) is 5.58. The highest BCUT2D eigenvalue weighted by Gasteiger charge is 2.70. The van der Waals surface area contributed by atoms with Gasteiger partial charge in [-0.05, 0) is 99.2 Å². The summed E-state index contributed by atoms with van der Waals surface area (Å²) in [6.07, 6.45) is 12.4. The van der Waals surface area contributed by atoms with Gasteiger partial charge in [-0.15, -0.1) is 0 Å². The summed E-state index contributed by atoms with van der Waals surface area (Å²) in [5.41, 5.74) is 0.804. The number of carbonyl (C=O) groups is 1. The number of carbonyl (C=O) groups excluding carboxylic acids is 1. The van der Waals surface area contributed by atoms with E-state index >= 15 is 0 Å². The Bertz CT molecular complexity index is 1040. The van der Waals surface area contributed by atoms with E-state index in [9.17, 15) is 4.79 Å². The summed E-state index contributed by atoms with van der Waals surface area (Å²) in [4.78, 5) is 12.2. The third kappa shape index (κ3) is 2.87. The summed E-state index contributed by atoms with van der Waals surface area (Å²) in [5, 5.41) is 0. The Morgan fingerprint density at radius 1 is 1.00 bits per heavy atom. The first kappa shape index (κ1) is 23.1. The number of ether oxygens (including phenoxy) is 4. The van der Waals surface area contributed by atoms with E-state index in [0.29, 0.717) is 41.1 Å². The largest absolute Gasteiger partial charge is 0.364 e. The quantitative estimate of drug-likeness (QED) is 0.481. The molecule has 5 heteroatoms. The van der Waals surface area contributed by atoms with Gasteiger partial charge in [0.05, 0.1) is 17.8 Å². The Labute approximate surface area is 210 Å². The first-order valence-electron chi connectivity index (χ1n) is 14.0. The van der Waals surface area contributed by atoms with Crippen LogP contribution in [0, 0.1) is 40.4 Å². The van der Waals surface area contributed by atoms with Crippen LogP contribution in [0.2, 0.25) is 0 Å². The lowest BCUT2D eigenvalue weighted by atomic mass is 9.47. The SMILES string of the molecule is C[C@@H]([C@H]1CC[C@H]2[C@@H]3[C@@H]4O[C@@H]4C4=CC(=O)C=C[C@]4(C)[C@H]3CC[C@]12C)[C@H]1C[C@@]2(C)O[C@@](C)(O1)OC2(C)C. The molecule has 3 saturated heterocycles. The highest BCUT2D eigenvalue weighted by atomic mass is 16.9. The van der Waals surface area contributed by atoms with Crippen LogP contribution in [0.3, 0.4) is 0 Å². The zero-order valence-corrected chi connectivity index (χ0v) is 22.4. The summed E-state index contributed by atoms with van der Waals surface area (Å²) >= 11 is 0. The van der Waals surface area contributed by atoms with Crippen LogP contribution in [0.4, 0.5) is 0 Å². The van der Waals surface area contributed by atoms with Gasteiger partial charge in [0.1, 0.15) is 11.7 Å². The molecule has 7 rings (SSSR count). The van der Waals surface area contributed by atoms with Crippen molar-refractivity contribution in [1.29, 1.82) is 0 Å². The summed E-state index contributed by atoms with van der Waals surface area (Å²) in [7, 11) is 0. The van der Waals surface area contributed by atoms with Gasteiger partial charge in [0.2, 0.25) is 0 Å². The second-order valence-electron chi connectivity index (χ2n) is 14.2. The number of fused-ring (bicyclic) bond motifs is 10. The van der Waals surface area contributed by atoms with Gasteiger partial charge in [0, 0.05) is 18.8 Å². The van der Waals surface area contributed by atoms with Gasteiger partial charge in [-0.1, -0.05) is 26.8 Å². The molecule has 0 aromatic rings. The molecule has 4 aliphatic carbocycles. The Kier molecular flexibility index (Phi) is 4.43. The van der Waals surface area contributed by atoms with E-state index in [4.69, 9.17) is 18.9 Å². The van der Waals surface area contributed by atoms with Crippen molar-refractivity contribution in [3.05, 3.63) is 23.8 Å². The molecule has 0 amide bonds. The standard InChI is InChI=1S/C30H42O5/c1-16(22-15-29(6)26(2,3)34-30(7,33-22)35-29)18-8-9-19-23-20(11-13-27(18,19)4)28(5)12-10-17(31)14-21(28)24-25(23)32-24/h10,12,14,16,18-20,22-25H,8-9,11,13,15H2,1-7H3/t16-,18+,19-,20-,22+,23-,24+,25-,27+,28+,29+,30-/m0/s1. The molecule has 192 valence electrons. The maximum Gasteiger partial charge on any atom is 0.281 e. The Morgan fingerprint density at radius 3 is 2.51 bits per heavy atom. The first-order valence-corrected chi connectivity index (χ1v) is 14.0. The zero-order valence-electron chi connectivity index (χ0n) is 22.4. The third-order valence-corrected chi connectivity index (χ3v) is 12.2. The van der Waals surface area contributed by atoms with Crippen LogP contribution in [-0.2, 0) is 23.7 Å². The topological polar surface area (TPSA) is 57.3 Å². The van der Waals surface area contributed by atoms with Crippen LogP contribution in [0.1, 0.15) is 80.6 Å². The summed E-state index contributed by atoms with van der Waals surface area (Å²) in [5.74, 6) is 2.06. The maximum atomic E-state index is 12.2. The molecule has 3 heterocycles. The van der Waals surface area contributed by atoms with Crippen molar-refractivity contribution in [3.63, 3.8) is 0 Å². The number of ketones is 1. The molecule has 3 saturated carbocycles. The minimum Gasteiger partial charge on any atom is -0.364 e. The molecular formula is C30H42O5. The zero-order chi connectivity index (χ0) is 24.8. The molecule has 7 aliphatic rings. The van der Waals surface area contributed by atoms with E-state index in [1.54, 1.807) is 6.08 Å². The van der Waals surface area contributed by atoms with Crippen LogP contribution >= 0.6 is 0 Å². The molecule has 3 aliphatic heterocycles. The molecule has 2 bridgehead atoms. The smallest absolute Gasteiger partial charge is 0.281 e. The van der Waals surface area contributed by atoms with Crippen molar-refractivity contribution < 1.29 is 23.7 Å². The highest BCUT2D eigenvalue weighted by molar-refractivity contribution is 6.01. The second-order valence-corrected chi connectivity index (χ2v) is 14.2. The maximum absolute atomic E-state index is 12.2. The number of rotatable bonds is 2. The van der Waals surface area contributed by atoms with Gasteiger partial charge in [0.25, 0.3) is 5.97 Å². The van der Waals surface area contributed by atoms with E-state index in [-0.39, 0.29) is 34.6 Å². The average molecular weight is 483 g/mol. The van der Waals surface area contributed by atoms with Crippen LogP contribution in [0.25, 0.3) is 0 Å². The molecule has 0 radical (unpaired) electrons. The minimum absolute atomic E-state index is 0.0314. The van der Waals surface area contributed by atoms with Crippen LogP contribution in [0.5, 0.6) is 0 Å². The van der Waals surface area contributed by atoms with E-state index in [1.807, 2.05) is 13.0 Å². The van der Waals surface area contributed by atoms with Crippen molar-refractivity contribution in [3.8, 4) is 0 Å². The molecule has 35 heavy (non-hydrogen) atoms. The molecule has 12 atom stereocenters. The minimum atomic E-state index is -0.952. The molecule has 5 nitrogen and oxygen atoms in total. The Morgan fingerprint density at radius 2 is 1.77 bits per heavy atom. The van der Waals surface area contributed by atoms with Crippen molar-refractivity contribution >= 4 is 5.78 Å². The van der Waals surface area contributed by atoms with Gasteiger partial charge in [-0.25, -0.2) is 0 Å². The molecule has 0 unspecified atom stereocenters. The van der Waals surface area contributed by atoms with E-state index < -0.39 is 5.97 Å².